The summed E-state index contributed by atoms with van der Waals surface area (Å²) >= 11 is 0. The molecule has 0 unspecified atom stereocenters. The third kappa shape index (κ3) is 1.82. The largest absolute Gasteiger partial charge is 0.396 e. The van der Waals surface area contributed by atoms with Gasteiger partial charge in [0.15, 0.2) is 11.2 Å². The molecule has 2 rings (SSSR count). The van der Waals surface area contributed by atoms with E-state index in [0.717, 1.165) is 0 Å². The van der Waals surface area contributed by atoms with E-state index in [1.807, 2.05) is 0 Å². The highest BCUT2D eigenvalue weighted by Gasteiger charge is 2.07. The molecule has 80 valence electrons. The van der Waals surface area contributed by atoms with Crippen LogP contribution in [0.4, 0.5) is 5.95 Å². The molecule has 0 amide bonds. The minimum atomic E-state index is -0.333. The summed E-state index contributed by atoms with van der Waals surface area (Å²) in [4.78, 5) is 24.6. The van der Waals surface area contributed by atoms with E-state index in [0.29, 0.717) is 29.8 Å². The van der Waals surface area contributed by atoms with Crippen molar-refractivity contribution in [2.75, 3.05) is 12.3 Å². The molecule has 0 aromatic carbocycles. The first kappa shape index (κ1) is 9.66. The lowest BCUT2D eigenvalue weighted by Gasteiger charge is -1.90. The number of rotatable bonds is 3. The zero-order chi connectivity index (χ0) is 10.8. The Kier molecular flexibility index (Phi) is 2.38. The summed E-state index contributed by atoms with van der Waals surface area (Å²) in [5, 5.41) is 8.66. The van der Waals surface area contributed by atoms with Crippen LogP contribution in [0, 0.1) is 0 Å². The highest BCUT2D eigenvalue weighted by atomic mass is 16.2. The molecule has 2 aromatic heterocycles. The second kappa shape index (κ2) is 3.70. The van der Waals surface area contributed by atoms with E-state index in [1.165, 1.54) is 0 Å². The van der Waals surface area contributed by atoms with Crippen LogP contribution in [-0.2, 0) is 6.42 Å². The zero-order valence-electron chi connectivity index (χ0n) is 7.95. The molecule has 0 aliphatic rings. The Labute approximate surface area is 84.4 Å². The number of nitrogens with zero attached hydrogens (tertiary/aromatic N) is 2. The van der Waals surface area contributed by atoms with E-state index in [4.69, 9.17) is 10.8 Å². The molecular formula is C8H11N5O2. The fourth-order valence-corrected chi connectivity index (χ4v) is 1.34. The molecule has 0 aliphatic carbocycles. The van der Waals surface area contributed by atoms with Gasteiger partial charge in [-0.25, -0.2) is 4.98 Å². The number of anilines is 1. The van der Waals surface area contributed by atoms with Crippen molar-refractivity contribution in [3.05, 3.63) is 16.2 Å². The second-order valence-corrected chi connectivity index (χ2v) is 3.16. The predicted octanol–water partition coefficient (Wildman–Crippen LogP) is -0.847. The number of aliphatic hydroxyl groups excluding tert-OH is 1. The molecule has 2 heterocycles. The molecular weight excluding hydrogens is 198 g/mol. The number of hydrogen-bond acceptors (Lipinski definition) is 5. The first-order valence-electron chi connectivity index (χ1n) is 4.56. The summed E-state index contributed by atoms with van der Waals surface area (Å²) < 4.78 is 0. The maximum absolute atomic E-state index is 11.4. The third-order valence-electron chi connectivity index (χ3n) is 2.00. The highest BCUT2D eigenvalue weighted by Crippen LogP contribution is 2.05. The van der Waals surface area contributed by atoms with Crippen LogP contribution in [0.15, 0.2) is 4.79 Å². The fourth-order valence-electron chi connectivity index (χ4n) is 1.34. The van der Waals surface area contributed by atoms with E-state index in [9.17, 15) is 4.79 Å². The quantitative estimate of drug-likeness (QED) is 0.525. The number of aromatic nitrogens is 4. The van der Waals surface area contributed by atoms with Crippen LogP contribution in [0.3, 0.4) is 0 Å². The van der Waals surface area contributed by atoms with Crippen molar-refractivity contribution in [3.63, 3.8) is 0 Å². The van der Waals surface area contributed by atoms with Gasteiger partial charge < -0.3 is 15.8 Å². The van der Waals surface area contributed by atoms with Crippen LogP contribution in [0.2, 0.25) is 0 Å². The Hall–Kier alpha value is -1.89. The monoisotopic (exact) mass is 209 g/mol. The van der Waals surface area contributed by atoms with Gasteiger partial charge in [-0.05, 0) is 6.42 Å². The van der Waals surface area contributed by atoms with Gasteiger partial charge in [0.1, 0.15) is 5.82 Å². The molecule has 0 atom stereocenters. The number of nitrogen functional groups attached to an aromatic ring is 1. The van der Waals surface area contributed by atoms with Crippen molar-refractivity contribution in [1.29, 1.82) is 0 Å². The van der Waals surface area contributed by atoms with Crippen molar-refractivity contribution in [2.24, 2.45) is 0 Å². The van der Waals surface area contributed by atoms with Crippen LogP contribution in [0.1, 0.15) is 12.2 Å². The molecule has 7 nitrogen and oxygen atoms in total. The molecule has 0 saturated carbocycles. The summed E-state index contributed by atoms with van der Waals surface area (Å²) in [6, 6.07) is 0. The molecule has 0 aliphatic heterocycles. The number of aromatic amines is 2. The van der Waals surface area contributed by atoms with E-state index < -0.39 is 0 Å². The van der Waals surface area contributed by atoms with Crippen molar-refractivity contribution >= 4 is 17.1 Å². The topological polar surface area (TPSA) is 121 Å². The van der Waals surface area contributed by atoms with Crippen LogP contribution in [-0.4, -0.2) is 31.6 Å². The Bertz CT molecular complexity index is 529. The summed E-state index contributed by atoms with van der Waals surface area (Å²) in [5.74, 6) is 0.676. The second-order valence-electron chi connectivity index (χ2n) is 3.16. The number of imidazole rings is 1. The Morgan fingerprint density at radius 2 is 2.13 bits per heavy atom. The maximum atomic E-state index is 11.4. The molecule has 0 saturated heterocycles. The van der Waals surface area contributed by atoms with Gasteiger partial charge in [0.25, 0.3) is 5.56 Å². The van der Waals surface area contributed by atoms with Crippen LogP contribution in [0.5, 0.6) is 0 Å². The summed E-state index contributed by atoms with van der Waals surface area (Å²) in [6.45, 7) is 0.0863. The Morgan fingerprint density at radius 1 is 1.33 bits per heavy atom. The number of H-pyrrole nitrogens is 2. The van der Waals surface area contributed by atoms with Crippen molar-refractivity contribution < 1.29 is 5.11 Å². The normalized spacial score (nSPS) is 11.0. The minimum absolute atomic E-state index is 0.0488. The number of nitrogens with two attached hydrogens (primary N) is 1. The maximum Gasteiger partial charge on any atom is 0.278 e. The van der Waals surface area contributed by atoms with Gasteiger partial charge in [-0.2, -0.15) is 4.98 Å². The number of hydrogen-bond donors (Lipinski definition) is 4. The number of aliphatic hydroxyl groups is 1. The SMILES string of the molecule is Nc1nc2nc(CCCO)[nH]c2c(=O)[nH]1. The molecule has 0 fully saturated rings. The standard InChI is InChI=1S/C8H11N5O2/c9-8-12-6-5(7(15)13-8)10-4(11-6)2-1-3-14/h14H,1-3H2,(H4,9,10,11,12,13,15). The van der Waals surface area contributed by atoms with Crippen LogP contribution >= 0.6 is 0 Å². The van der Waals surface area contributed by atoms with Crippen molar-refractivity contribution in [3.8, 4) is 0 Å². The zero-order valence-corrected chi connectivity index (χ0v) is 7.95. The lowest BCUT2D eigenvalue weighted by atomic mass is 10.3. The molecule has 7 heteroatoms. The lowest BCUT2D eigenvalue weighted by molar-refractivity contribution is 0.287. The average Bonchev–Trinajstić information content (AvgIpc) is 2.57. The van der Waals surface area contributed by atoms with Gasteiger partial charge in [-0.15, -0.1) is 0 Å². The van der Waals surface area contributed by atoms with Crippen LogP contribution < -0.4 is 11.3 Å². The van der Waals surface area contributed by atoms with Gasteiger partial charge in [-0.3, -0.25) is 9.78 Å². The van der Waals surface area contributed by atoms with Gasteiger partial charge in [0.2, 0.25) is 5.95 Å². The third-order valence-corrected chi connectivity index (χ3v) is 2.00. The smallest absolute Gasteiger partial charge is 0.278 e. The lowest BCUT2D eigenvalue weighted by Crippen LogP contribution is -2.10. The number of nitrogens with one attached hydrogen (secondary N) is 2. The van der Waals surface area contributed by atoms with Gasteiger partial charge in [0, 0.05) is 13.0 Å². The average molecular weight is 209 g/mol. The van der Waals surface area contributed by atoms with Crippen molar-refractivity contribution in [2.45, 2.75) is 12.8 Å². The first-order valence-corrected chi connectivity index (χ1v) is 4.56. The molecule has 0 spiro atoms. The number of fused-ring (bicyclic) bond motifs is 1. The summed E-state index contributed by atoms with van der Waals surface area (Å²) in [5.41, 5.74) is 5.67. The van der Waals surface area contributed by atoms with E-state index in [-0.39, 0.29) is 18.1 Å². The van der Waals surface area contributed by atoms with Crippen molar-refractivity contribution in [1.82, 2.24) is 19.9 Å². The molecule has 15 heavy (non-hydrogen) atoms. The summed E-state index contributed by atoms with van der Waals surface area (Å²) in [7, 11) is 0. The van der Waals surface area contributed by atoms with Gasteiger partial charge >= 0.3 is 0 Å². The number of aryl methyl sites for hydroxylation is 1. The van der Waals surface area contributed by atoms with Gasteiger partial charge in [-0.1, -0.05) is 0 Å². The first-order chi connectivity index (χ1) is 7.20. The molecule has 2 aromatic rings. The van der Waals surface area contributed by atoms with Gasteiger partial charge in [0.05, 0.1) is 0 Å². The molecule has 0 bridgehead atoms. The van der Waals surface area contributed by atoms with E-state index in [2.05, 4.69) is 19.9 Å². The van der Waals surface area contributed by atoms with E-state index >= 15 is 0 Å². The summed E-state index contributed by atoms with van der Waals surface area (Å²) in [6.07, 6.45) is 1.17. The fraction of sp³-hybridized carbons (Fsp3) is 0.375. The molecule has 0 radical (unpaired) electrons. The van der Waals surface area contributed by atoms with Crippen LogP contribution in [0.25, 0.3) is 11.2 Å². The predicted molar refractivity (Wildman–Crippen MR) is 54.3 cm³/mol. The Morgan fingerprint density at radius 3 is 2.87 bits per heavy atom. The molecule has 5 N–H and O–H groups in total. The van der Waals surface area contributed by atoms with E-state index in [1.54, 1.807) is 0 Å². The minimum Gasteiger partial charge on any atom is -0.396 e. The Balaban J connectivity index is 2.46. The highest BCUT2D eigenvalue weighted by molar-refractivity contribution is 5.70.